The van der Waals surface area contributed by atoms with Gasteiger partial charge in [-0.2, -0.15) is 0 Å². The zero-order chi connectivity index (χ0) is 22.9. The Bertz CT molecular complexity index is 1060. The van der Waals surface area contributed by atoms with Crippen LogP contribution in [0.2, 0.25) is 0 Å². The Labute approximate surface area is 190 Å². The van der Waals surface area contributed by atoms with Crippen molar-refractivity contribution in [2.24, 2.45) is 0 Å². The molecule has 9 heteroatoms. The maximum atomic E-state index is 13.0. The molecule has 1 aromatic heterocycles. The molecule has 0 spiro atoms. The number of hydrogen-bond acceptors (Lipinski definition) is 6. The van der Waals surface area contributed by atoms with Crippen molar-refractivity contribution in [1.29, 1.82) is 0 Å². The molecule has 0 bridgehead atoms. The number of aryl methyl sites for hydroxylation is 1. The number of nitrogens with zero attached hydrogens (tertiary/aromatic N) is 2. The van der Waals surface area contributed by atoms with E-state index in [-0.39, 0.29) is 30.6 Å². The van der Waals surface area contributed by atoms with Crippen molar-refractivity contribution in [3.63, 3.8) is 0 Å². The summed E-state index contributed by atoms with van der Waals surface area (Å²) in [7, 11) is 1.55. The van der Waals surface area contributed by atoms with Crippen LogP contribution in [0.1, 0.15) is 22.5 Å². The van der Waals surface area contributed by atoms with Crippen LogP contribution in [0, 0.1) is 12.7 Å². The van der Waals surface area contributed by atoms with Gasteiger partial charge in [-0.1, -0.05) is 12.1 Å². The van der Waals surface area contributed by atoms with Gasteiger partial charge in [0.25, 0.3) is 5.91 Å². The number of carbonyl (C=O) groups excluding carboxylic acids is 2. The van der Waals surface area contributed by atoms with E-state index < -0.39 is 0 Å². The van der Waals surface area contributed by atoms with Gasteiger partial charge >= 0.3 is 0 Å². The number of nitrogens with one attached hydrogen (secondary N) is 2. The number of methoxy groups -OCH3 is 1. The monoisotopic (exact) mass is 456 g/mol. The van der Waals surface area contributed by atoms with Crippen LogP contribution in [0.3, 0.4) is 0 Å². The molecule has 2 amide bonds. The Hall–Kier alpha value is -3.30. The van der Waals surface area contributed by atoms with E-state index in [2.05, 4.69) is 15.6 Å². The number of carbonyl (C=O) groups is 2. The molecule has 32 heavy (non-hydrogen) atoms. The van der Waals surface area contributed by atoms with Crippen molar-refractivity contribution in [3.8, 4) is 0 Å². The first-order valence-electron chi connectivity index (χ1n) is 10.1. The second-order valence-electron chi connectivity index (χ2n) is 7.12. The molecule has 0 aliphatic carbocycles. The predicted octanol–water partition coefficient (Wildman–Crippen LogP) is 4.45. The second-order valence-corrected chi connectivity index (χ2v) is 7.98. The SMILES string of the molecule is COCCN(CCC(=O)Nc1ccc(F)cc1)C(=O)c1csc(Nc2cccc(C)c2)n1. The Morgan fingerprint density at radius 3 is 2.62 bits per heavy atom. The van der Waals surface area contributed by atoms with Crippen molar-refractivity contribution in [1.82, 2.24) is 9.88 Å². The lowest BCUT2D eigenvalue weighted by Crippen LogP contribution is -2.36. The summed E-state index contributed by atoms with van der Waals surface area (Å²) in [6, 6.07) is 13.4. The summed E-state index contributed by atoms with van der Waals surface area (Å²) in [5.74, 6) is -0.920. The fourth-order valence-electron chi connectivity index (χ4n) is 2.95. The zero-order valence-electron chi connectivity index (χ0n) is 17.9. The molecule has 168 valence electrons. The van der Waals surface area contributed by atoms with E-state index in [9.17, 15) is 14.0 Å². The molecule has 2 aromatic carbocycles. The van der Waals surface area contributed by atoms with Crippen molar-refractivity contribution in [3.05, 3.63) is 71.0 Å². The van der Waals surface area contributed by atoms with E-state index in [0.29, 0.717) is 29.7 Å². The van der Waals surface area contributed by atoms with Gasteiger partial charge < -0.3 is 20.3 Å². The Balaban J connectivity index is 1.60. The van der Waals surface area contributed by atoms with E-state index in [1.54, 1.807) is 17.4 Å². The number of rotatable bonds is 10. The lowest BCUT2D eigenvalue weighted by Gasteiger charge is -2.21. The quantitative estimate of drug-likeness (QED) is 0.471. The van der Waals surface area contributed by atoms with E-state index >= 15 is 0 Å². The zero-order valence-corrected chi connectivity index (χ0v) is 18.7. The van der Waals surface area contributed by atoms with Gasteiger partial charge in [0.2, 0.25) is 5.91 Å². The van der Waals surface area contributed by atoms with Gasteiger partial charge in [0.15, 0.2) is 5.13 Å². The van der Waals surface area contributed by atoms with Gasteiger partial charge in [0, 0.05) is 43.4 Å². The van der Waals surface area contributed by atoms with Crippen molar-refractivity contribution in [2.45, 2.75) is 13.3 Å². The first-order valence-corrected chi connectivity index (χ1v) is 11.0. The molecule has 2 N–H and O–H groups in total. The molecule has 0 aliphatic heterocycles. The molecular weight excluding hydrogens is 431 g/mol. The van der Waals surface area contributed by atoms with Gasteiger partial charge in [-0.15, -0.1) is 11.3 Å². The van der Waals surface area contributed by atoms with E-state index in [0.717, 1.165) is 11.3 Å². The summed E-state index contributed by atoms with van der Waals surface area (Å²) < 4.78 is 18.1. The number of thiazole rings is 1. The Morgan fingerprint density at radius 2 is 1.91 bits per heavy atom. The highest BCUT2D eigenvalue weighted by atomic mass is 32.1. The second kappa shape index (κ2) is 11.4. The molecule has 7 nitrogen and oxygen atoms in total. The molecule has 0 aliphatic rings. The molecule has 3 aromatic rings. The minimum absolute atomic E-state index is 0.0887. The molecule has 0 atom stereocenters. The van der Waals surface area contributed by atoms with Gasteiger partial charge in [0.05, 0.1) is 6.61 Å². The highest BCUT2D eigenvalue weighted by Gasteiger charge is 2.20. The summed E-state index contributed by atoms with van der Waals surface area (Å²) in [5.41, 5.74) is 2.82. The minimum Gasteiger partial charge on any atom is -0.383 e. The van der Waals surface area contributed by atoms with E-state index in [4.69, 9.17) is 4.74 Å². The molecule has 3 rings (SSSR count). The number of aromatic nitrogens is 1. The summed E-state index contributed by atoms with van der Waals surface area (Å²) in [4.78, 5) is 31.2. The number of hydrogen-bond donors (Lipinski definition) is 2. The maximum absolute atomic E-state index is 13.0. The molecule has 0 fully saturated rings. The van der Waals surface area contributed by atoms with Crippen LogP contribution in [0.5, 0.6) is 0 Å². The number of benzene rings is 2. The maximum Gasteiger partial charge on any atom is 0.273 e. The fraction of sp³-hybridized carbons (Fsp3) is 0.261. The van der Waals surface area contributed by atoms with Crippen LogP contribution < -0.4 is 10.6 Å². The highest BCUT2D eigenvalue weighted by molar-refractivity contribution is 7.14. The van der Waals surface area contributed by atoms with Crippen LogP contribution in [0.25, 0.3) is 0 Å². The van der Waals surface area contributed by atoms with Crippen LogP contribution in [0.15, 0.2) is 53.9 Å². The number of anilines is 3. The summed E-state index contributed by atoms with van der Waals surface area (Å²) in [6.07, 6.45) is 0.0887. The molecule has 0 radical (unpaired) electrons. The average Bonchev–Trinajstić information content (AvgIpc) is 3.23. The number of amides is 2. The normalized spacial score (nSPS) is 10.6. The highest BCUT2D eigenvalue weighted by Crippen LogP contribution is 2.22. The molecule has 0 saturated carbocycles. The van der Waals surface area contributed by atoms with Crippen LogP contribution in [-0.2, 0) is 9.53 Å². The van der Waals surface area contributed by atoms with Gasteiger partial charge in [-0.25, -0.2) is 9.37 Å². The average molecular weight is 457 g/mol. The predicted molar refractivity (Wildman–Crippen MR) is 124 cm³/mol. The first-order chi connectivity index (χ1) is 15.4. The third kappa shape index (κ3) is 6.86. The first kappa shape index (κ1) is 23.4. The van der Waals surface area contributed by atoms with E-state index in [1.807, 2.05) is 31.2 Å². The Kier molecular flexibility index (Phi) is 8.29. The smallest absolute Gasteiger partial charge is 0.273 e. The molecular formula is C23H25FN4O3S. The molecule has 0 unspecified atom stereocenters. The Morgan fingerprint density at radius 1 is 1.12 bits per heavy atom. The lowest BCUT2D eigenvalue weighted by atomic mass is 10.2. The third-order valence-electron chi connectivity index (χ3n) is 4.58. The fourth-order valence-corrected chi connectivity index (χ4v) is 3.65. The van der Waals surface area contributed by atoms with Gasteiger partial charge in [-0.3, -0.25) is 9.59 Å². The van der Waals surface area contributed by atoms with Crippen LogP contribution in [0.4, 0.5) is 20.9 Å². The van der Waals surface area contributed by atoms with Gasteiger partial charge in [-0.05, 0) is 48.9 Å². The van der Waals surface area contributed by atoms with Gasteiger partial charge in [0.1, 0.15) is 11.5 Å². The number of ether oxygens (including phenoxy) is 1. The summed E-state index contributed by atoms with van der Waals surface area (Å²) in [6.45, 7) is 2.87. The number of halogens is 1. The van der Waals surface area contributed by atoms with Crippen LogP contribution >= 0.6 is 11.3 Å². The summed E-state index contributed by atoms with van der Waals surface area (Å²) in [5, 5.41) is 8.21. The van der Waals surface area contributed by atoms with Crippen molar-refractivity contribution < 1.29 is 18.7 Å². The summed E-state index contributed by atoms with van der Waals surface area (Å²) >= 11 is 1.34. The van der Waals surface area contributed by atoms with Crippen LogP contribution in [-0.4, -0.2) is 48.5 Å². The lowest BCUT2D eigenvalue weighted by molar-refractivity contribution is -0.116. The third-order valence-corrected chi connectivity index (χ3v) is 5.34. The van der Waals surface area contributed by atoms with Crippen molar-refractivity contribution in [2.75, 3.05) is 37.4 Å². The molecule has 1 heterocycles. The van der Waals surface area contributed by atoms with Crippen molar-refractivity contribution >= 4 is 39.7 Å². The minimum atomic E-state index is -0.376. The standard InChI is InChI=1S/C23H25FN4O3S/c1-16-4-3-5-19(14-16)26-23-27-20(15-32-23)22(30)28(12-13-31-2)11-10-21(29)25-18-8-6-17(24)7-9-18/h3-9,14-15H,10-13H2,1-2H3,(H,25,29)(H,26,27). The van der Waals surface area contributed by atoms with E-state index in [1.165, 1.54) is 35.6 Å². The largest absolute Gasteiger partial charge is 0.383 e. The topological polar surface area (TPSA) is 83.6 Å². The molecule has 0 saturated heterocycles.